The number of hydrogen-bond acceptors (Lipinski definition) is 4. The Kier molecular flexibility index (Phi) is 3.75. The van der Waals surface area contributed by atoms with Gasteiger partial charge in [0.2, 0.25) is 0 Å². The smallest absolute Gasteiger partial charge is 0.309 e. The highest BCUT2D eigenvalue weighted by Crippen LogP contribution is 2.30. The number of ether oxygens (including phenoxy) is 2. The van der Waals surface area contributed by atoms with E-state index in [0.29, 0.717) is 25.9 Å². The van der Waals surface area contributed by atoms with Crippen LogP contribution in [0, 0.1) is 5.92 Å². The topological polar surface area (TPSA) is 52.6 Å². The van der Waals surface area contributed by atoms with Gasteiger partial charge in [-0.15, -0.1) is 0 Å². The molecular formula is C13H14O4. The fraction of sp³-hybridized carbons (Fsp3) is 0.385. The predicted molar refractivity (Wildman–Crippen MR) is 59.9 cm³/mol. The molecule has 0 saturated heterocycles. The summed E-state index contributed by atoms with van der Waals surface area (Å²) >= 11 is 0. The number of esters is 1. The van der Waals surface area contributed by atoms with Crippen LogP contribution < -0.4 is 0 Å². The lowest BCUT2D eigenvalue weighted by Crippen LogP contribution is -2.37. The van der Waals surface area contributed by atoms with Gasteiger partial charge in [-0.25, -0.2) is 0 Å². The maximum Gasteiger partial charge on any atom is 0.309 e. The van der Waals surface area contributed by atoms with E-state index in [2.05, 4.69) is 0 Å². The molecule has 0 radical (unpaired) electrons. The van der Waals surface area contributed by atoms with Crippen molar-refractivity contribution in [2.24, 2.45) is 5.92 Å². The van der Waals surface area contributed by atoms with Gasteiger partial charge >= 0.3 is 5.97 Å². The first-order valence-electron chi connectivity index (χ1n) is 5.59. The number of benzene rings is 1. The summed E-state index contributed by atoms with van der Waals surface area (Å²) in [4.78, 5) is 21.6. The van der Waals surface area contributed by atoms with Gasteiger partial charge in [0.1, 0.15) is 12.7 Å². The van der Waals surface area contributed by atoms with Crippen molar-refractivity contribution in [1.29, 1.82) is 0 Å². The molecule has 0 heterocycles. The van der Waals surface area contributed by atoms with E-state index in [1.165, 1.54) is 0 Å². The minimum absolute atomic E-state index is 0.109. The van der Waals surface area contributed by atoms with E-state index in [0.717, 1.165) is 5.56 Å². The third-order valence-electron chi connectivity index (χ3n) is 2.90. The maximum absolute atomic E-state index is 11.6. The first-order valence-corrected chi connectivity index (χ1v) is 5.59. The molecular weight excluding hydrogens is 220 g/mol. The first kappa shape index (κ1) is 11.6. The fourth-order valence-electron chi connectivity index (χ4n) is 1.79. The zero-order valence-electron chi connectivity index (χ0n) is 9.37. The van der Waals surface area contributed by atoms with Crippen molar-refractivity contribution < 1.29 is 19.1 Å². The average molecular weight is 234 g/mol. The Morgan fingerprint density at radius 3 is 2.65 bits per heavy atom. The van der Waals surface area contributed by atoms with Crippen LogP contribution in [-0.2, 0) is 25.7 Å². The summed E-state index contributed by atoms with van der Waals surface area (Å²) in [6.07, 6.45) is 1.04. The van der Waals surface area contributed by atoms with Crippen molar-refractivity contribution in [3.05, 3.63) is 35.9 Å². The van der Waals surface area contributed by atoms with Gasteiger partial charge in [0, 0.05) is 0 Å². The molecule has 0 atom stereocenters. The van der Waals surface area contributed by atoms with Gasteiger partial charge in [0.15, 0.2) is 0 Å². The second-order valence-corrected chi connectivity index (χ2v) is 4.12. The van der Waals surface area contributed by atoms with Crippen LogP contribution in [0.2, 0.25) is 0 Å². The number of carbonyl (C=O) groups is 2. The molecule has 0 N–H and O–H groups in total. The Bertz CT molecular complexity index is 382. The minimum Gasteiger partial charge on any atom is -0.465 e. The van der Waals surface area contributed by atoms with Gasteiger partial charge in [-0.1, -0.05) is 30.3 Å². The predicted octanol–water partition coefficient (Wildman–Crippen LogP) is 1.68. The lowest BCUT2D eigenvalue weighted by molar-refractivity contribution is -0.162. The normalized spacial score (nSPS) is 22.4. The lowest BCUT2D eigenvalue weighted by atomic mass is 9.82. The Hall–Kier alpha value is -1.84. The number of rotatable bonds is 5. The molecule has 0 aromatic heterocycles. The van der Waals surface area contributed by atoms with Gasteiger partial charge in [-0.3, -0.25) is 9.59 Å². The molecule has 17 heavy (non-hydrogen) atoms. The standard InChI is InChI=1S/C13H14O4/c14-9-17-12-6-11(7-12)13(15)16-8-10-4-2-1-3-5-10/h1-5,9,11-12H,6-8H2/t11-,12+. The summed E-state index contributed by atoms with van der Waals surface area (Å²) in [7, 11) is 0. The largest absolute Gasteiger partial charge is 0.465 e. The molecule has 0 aliphatic heterocycles. The third kappa shape index (κ3) is 3.06. The Morgan fingerprint density at radius 1 is 1.29 bits per heavy atom. The maximum atomic E-state index is 11.6. The van der Waals surface area contributed by atoms with Crippen LogP contribution in [0.25, 0.3) is 0 Å². The molecule has 4 nitrogen and oxygen atoms in total. The van der Waals surface area contributed by atoms with E-state index < -0.39 is 0 Å². The van der Waals surface area contributed by atoms with Crippen LogP contribution in [0.15, 0.2) is 30.3 Å². The summed E-state index contributed by atoms with van der Waals surface area (Å²) in [5, 5.41) is 0. The van der Waals surface area contributed by atoms with Crippen molar-refractivity contribution in [1.82, 2.24) is 0 Å². The van der Waals surface area contributed by atoms with Crippen molar-refractivity contribution in [2.45, 2.75) is 25.6 Å². The summed E-state index contributed by atoms with van der Waals surface area (Å²) in [5.74, 6) is -0.330. The summed E-state index contributed by atoms with van der Waals surface area (Å²) in [6, 6.07) is 9.54. The third-order valence-corrected chi connectivity index (χ3v) is 2.90. The lowest BCUT2D eigenvalue weighted by Gasteiger charge is -2.31. The van der Waals surface area contributed by atoms with E-state index in [1.54, 1.807) is 0 Å². The number of hydrogen-bond donors (Lipinski definition) is 0. The summed E-state index contributed by atoms with van der Waals surface area (Å²) < 4.78 is 9.91. The van der Waals surface area contributed by atoms with Crippen molar-refractivity contribution in [2.75, 3.05) is 0 Å². The molecule has 1 aromatic rings. The molecule has 0 spiro atoms. The number of carbonyl (C=O) groups excluding carboxylic acids is 2. The molecule has 0 unspecified atom stereocenters. The Morgan fingerprint density at radius 2 is 2.00 bits per heavy atom. The van der Waals surface area contributed by atoms with Crippen LogP contribution >= 0.6 is 0 Å². The highest BCUT2D eigenvalue weighted by atomic mass is 16.5. The monoisotopic (exact) mass is 234 g/mol. The van der Waals surface area contributed by atoms with Crippen LogP contribution in [-0.4, -0.2) is 18.5 Å². The summed E-state index contributed by atoms with van der Waals surface area (Å²) in [6.45, 7) is 0.728. The van der Waals surface area contributed by atoms with E-state index in [1.807, 2.05) is 30.3 Å². The van der Waals surface area contributed by atoms with Crippen LogP contribution in [0.3, 0.4) is 0 Å². The van der Waals surface area contributed by atoms with Crippen molar-refractivity contribution in [3.63, 3.8) is 0 Å². The molecule has 1 aromatic carbocycles. The van der Waals surface area contributed by atoms with E-state index in [4.69, 9.17) is 9.47 Å². The van der Waals surface area contributed by atoms with E-state index >= 15 is 0 Å². The molecule has 1 aliphatic carbocycles. The second kappa shape index (κ2) is 5.48. The second-order valence-electron chi connectivity index (χ2n) is 4.12. The zero-order valence-corrected chi connectivity index (χ0v) is 9.37. The molecule has 90 valence electrons. The zero-order chi connectivity index (χ0) is 12.1. The van der Waals surface area contributed by atoms with Gasteiger partial charge in [-0.2, -0.15) is 0 Å². The van der Waals surface area contributed by atoms with Gasteiger partial charge in [0.25, 0.3) is 6.47 Å². The van der Waals surface area contributed by atoms with Crippen LogP contribution in [0.5, 0.6) is 0 Å². The molecule has 1 saturated carbocycles. The molecule has 2 rings (SSSR count). The van der Waals surface area contributed by atoms with Crippen LogP contribution in [0.1, 0.15) is 18.4 Å². The van der Waals surface area contributed by atoms with E-state index in [9.17, 15) is 9.59 Å². The average Bonchev–Trinajstić information content (AvgIpc) is 2.31. The van der Waals surface area contributed by atoms with Gasteiger partial charge in [-0.05, 0) is 18.4 Å². The van der Waals surface area contributed by atoms with Gasteiger partial charge < -0.3 is 9.47 Å². The highest BCUT2D eigenvalue weighted by Gasteiger charge is 2.36. The molecule has 1 aliphatic rings. The van der Waals surface area contributed by atoms with E-state index in [-0.39, 0.29) is 18.0 Å². The minimum atomic E-state index is -0.209. The van der Waals surface area contributed by atoms with Crippen molar-refractivity contribution >= 4 is 12.4 Å². The van der Waals surface area contributed by atoms with Crippen molar-refractivity contribution in [3.8, 4) is 0 Å². The Labute approximate surface area is 99.5 Å². The quantitative estimate of drug-likeness (QED) is 0.574. The fourth-order valence-corrected chi connectivity index (χ4v) is 1.79. The molecule has 0 bridgehead atoms. The molecule has 1 fully saturated rings. The first-order chi connectivity index (χ1) is 8.29. The summed E-state index contributed by atoms with van der Waals surface area (Å²) in [5.41, 5.74) is 0.973. The SMILES string of the molecule is O=CO[C@H]1C[C@@H](C(=O)OCc2ccccc2)C1. The van der Waals surface area contributed by atoms with Gasteiger partial charge in [0.05, 0.1) is 5.92 Å². The van der Waals surface area contributed by atoms with Crippen LogP contribution in [0.4, 0.5) is 0 Å². The molecule has 4 heteroatoms. The molecule has 0 amide bonds. The Balaban J connectivity index is 1.71. The highest BCUT2D eigenvalue weighted by molar-refractivity contribution is 5.73.